The average molecular weight is 872 g/mol. The number of unbranched alkanes of at least 4 members (excludes halogenated alkanes) is 22. The zero-order chi connectivity index (χ0) is 44.4. The second-order valence-corrected chi connectivity index (χ2v) is 18.0. The van der Waals surface area contributed by atoms with Crippen molar-refractivity contribution < 1.29 is 46.7 Å². The minimum Gasteiger partial charge on any atom is -0.462 e. The number of nitrogens with zero attached hydrogens (tertiary/aromatic N) is 1. The molecule has 0 radical (unpaired) electrons. The van der Waals surface area contributed by atoms with Crippen molar-refractivity contribution in [1.29, 1.82) is 0 Å². The van der Waals surface area contributed by atoms with E-state index in [1.807, 2.05) is 19.0 Å². The van der Waals surface area contributed by atoms with Gasteiger partial charge in [0.25, 0.3) is 0 Å². The van der Waals surface area contributed by atoms with Gasteiger partial charge in [-0.05, 0) is 85.2 Å². The summed E-state index contributed by atoms with van der Waals surface area (Å²) in [7, 11) is -0.624. The maximum absolute atomic E-state index is 13.7. The van der Waals surface area contributed by atoms with Gasteiger partial charge in [-0.15, -0.1) is 0 Å². The summed E-state index contributed by atoms with van der Waals surface area (Å²) >= 11 is 0. The molecule has 0 N–H and O–H groups in total. The quantitative estimate of drug-likeness (QED) is 0.0145. The van der Waals surface area contributed by atoms with Gasteiger partial charge in [0, 0.05) is 25.8 Å². The van der Waals surface area contributed by atoms with E-state index < -0.39 is 44.7 Å². The van der Waals surface area contributed by atoms with Crippen LogP contribution in [0.5, 0.6) is 0 Å². The van der Waals surface area contributed by atoms with Gasteiger partial charge in [-0.3, -0.25) is 23.4 Å². The minimum absolute atomic E-state index is 0.00357. The molecule has 60 heavy (non-hydrogen) atoms. The van der Waals surface area contributed by atoms with E-state index in [0.29, 0.717) is 19.4 Å². The van der Waals surface area contributed by atoms with E-state index >= 15 is 0 Å². The Morgan fingerprint density at radius 3 is 1.42 bits per heavy atom. The van der Waals surface area contributed by atoms with Crippen molar-refractivity contribution >= 4 is 25.7 Å². The largest absolute Gasteiger partial charge is 0.478 e. The molecule has 0 spiro atoms. The molecule has 0 heterocycles. The molecule has 0 rings (SSSR count). The average Bonchev–Trinajstić information content (AvgIpc) is 3.21. The van der Waals surface area contributed by atoms with Gasteiger partial charge in [-0.1, -0.05) is 148 Å². The van der Waals surface area contributed by atoms with E-state index in [2.05, 4.69) is 38.2 Å². The highest BCUT2D eigenvalue weighted by atomic mass is 31.2. The molecule has 2 unspecified atom stereocenters. The third-order valence-electron chi connectivity index (χ3n) is 10.1. The number of phosphoric ester groups is 1. The van der Waals surface area contributed by atoms with Crippen LogP contribution in [0.1, 0.15) is 214 Å². The van der Waals surface area contributed by atoms with Crippen LogP contribution < -0.4 is 0 Å². The van der Waals surface area contributed by atoms with Crippen molar-refractivity contribution in [1.82, 2.24) is 4.90 Å². The van der Waals surface area contributed by atoms with Crippen LogP contribution in [0.2, 0.25) is 0 Å². The fourth-order valence-corrected chi connectivity index (χ4v) is 7.64. The third kappa shape index (κ3) is 40.1. The summed E-state index contributed by atoms with van der Waals surface area (Å²) in [5.41, 5.74) is 0. The second kappa shape index (κ2) is 42.3. The van der Waals surface area contributed by atoms with E-state index in [1.54, 1.807) is 6.92 Å². The van der Waals surface area contributed by atoms with Gasteiger partial charge >= 0.3 is 25.7 Å². The monoisotopic (exact) mass is 872 g/mol. The van der Waals surface area contributed by atoms with Crippen LogP contribution in [0.4, 0.5) is 0 Å². The molecule has 0 aromatic heterocycles. The van der Waals surface area contributed by atoms with Gasteiger partial charge < -0.3 is 19.1 Å². The van der Waals surface area contributed by atoms with Crippen LogP contribution in [0.3, 0.4) is 0 Å². The Kier molecular flexibility index (Phi) is 40.8. The number of carbonyl (C=O) groups excluding carboxylic acids is 3. The van der Waals surface area contributed by atoms with Crippen LogP contribution in [0.15, 0.2) is 24.3 Å². The standard InChI is InChI=1S/C48H90NO10P/c1-7-10-12-14-16-18-20-22-24-26-28-30-32-34-36-38-47(51)54-42-45(43-56-60(53,55-41-40-49(5)6)59-44(4)57-46(50)9-3)58-48(52)39-37-35-33-31-29-27-25-23-21-19-17-15-13-11-8-2/h22-25,44-45H,7-21,26-43H2,1-6H3/b24-22-,25-23-/t44?,45-,60?/m1/s1. The molecule has 352 valence electrons. The normalized spacial score (nSPS) is 13.8. The SMILES string of the molecule is CCCCCCCC/C=C\CCCCCCCC(=O)OC[C@H](COP(=O)(OCCN(C)C)OC(C)OC(=O)CC)OC(=O)CCCCCCC/C=C\CCCCCCCC. The van der Waals surface area contributed by atoms with Gasteiger partial charge in [0.1, 0.15) is 6.61 Å². The van der Waals surface area contributed by atoms with E-state index in [9.17, 15) is 18.9 Å². The zero-order valence-corrected chi connectivity index (χ0v) is 40.2. The minimum atomic E-state index is -4.29. The summed E-state index contributed by atoms with van der Waals surface area (Å²) < 4.78 is 46.6. The first-order valence-corrected chi connectivity index (χ1v) is 25.6. The molecule has 0 bridgehead atoms. The summed E-state index contributed by atoms with van der Waals surface area (Å²) in [5.74, 6) is -1.39. The van der Waals surface area contributed by atoms with Crippen molar-refractivity contribution in [3.8, 4) is 0 Å². The highest BCUT2D eigenvalue weighted by molar-refractivity contribution is 7.48. The number of phosphoric acid groups is 1. The highest BCUT2D eigenvalue weighted by Crippen LogP contribution is 2.51. The lowest BCUT2D eigenvalue weighted by molar-refractivity contribution is -0.165. The summed E-state index contributed by atoms with van der Waals surface area (Å²) in [6.45, 7) is 7.29. The molecule has 11 nitrogen and oxygen atoms in total. The molecule has 0 aliphatic rings. The Balaban J connectivity index is 4.87. The highest BCUT2D eigenvalue weighted by Gasteiger charge is 2.33. The topological polar surface area (TPSA) is 127 Å². The van der Waals surface area contributed by atoms with Gasteiger partial charge in [-0.2, -0.15) is 0 Å². The summed E-state index contributed by atoms with van der Waals surface area (Å²) in [6, 6.07) is 0. The molecular weight excluding hydrogens is 781 g/mol. The van der Waals surface area contributed by atoms with Crippen LogP contribution >= 0.6 is 7.82 Å². The predicted molar refractivity (Wildman–Crippen MR) is 245 cm³/mol. The Labute approximate surface area is 367 Å². The van der Waals surface area contributed by atoms with Crippen molar-refractivity contribution in [2.24, 2.45) is 0 Å². The molecule has 0 saturated carbocycles. The Morgan fingerprint density at radius 1 is 0.533 bits per heavy atom. The Hall–Kier alpha value is -2.04. The fourth-order valence-electron chi connectivity index (χ4n) is 6.38. The lowest BCUT2D eigenvalue weighted by Gasteiger charge is -2.24. The molecule has 0 fully saturated rings. The summed E-state index contributed by atoms with van der Waals surface area (Å²) in [5, 5.41) is 0. The second-order valence-electron chi connectivity index (χ2n) is 16.4. The summed E-state index contributed by atoms with van der Waals surface area (Å²) in [4.78, 5) is 39.3. The number of allylic oxidation sites excluding steroid dienone is 4. The molecule has 3 atom stereocenters. The Morgan fingerprint density at radius 2 is 0.967 bits per heavy atom. The lowest BCUT2D eigenvalue weighted by Crippen LogP contribution is -2.30. The first-order chi connectivity index (χ1) is 29.0. The van der Waals surface area contributed by atoms with Crippen molar-refractivity contribution in [3.63, 3.8) is 0 Å². The number of esters is 3. The van der Waals surface area contributed by atoms with Crippen LogP contribution in [0.25, 0.3) is 0 Å². The van der Waals surface area contributed by atoms with E-state index in [1.165, 1.54) is 96.8 Å². The zero-order valence-electron chi connectivity index (χ0n) is 39.3. The molecular formula is C48H90NO10P. The first-order valence-electron chi connectivity index (χ1n) is 24.1. The smallest absolute Gasteiger partial charge is 0.462 e. The molecule has 0 aromatic rings. The van der Waals surface area contributed by atoms with Crippen LogP contribution in [0, 0.1) is 0 Å². The fraction of sp³-hybridized carbons (Fsp3) is 0.854. The van der Waals surface area contributed by atoms with Crippen molar-refractivity contribution in [3.05, 3.63) is 24.3 Å². The molecule has 0 aliphatic carbocycles. The lowest BCUT2D eigenvalue weighted by atomic mass is 10.1. The van der Waals surface area contributed by atoms with Gasteiger partial charge in [0.2, 0.25) is 6.29 Å². The van der Waals surface area contributed by atoms with Crippen LogP contribution in [-0.4, -0.2) is 75.7 Å². The number of hydrogen-bond donors (Lipinski definition) is 0. The molecule has 0 aliphatic heterocycles. The maximum atomic E-state index is 13.7. The van der Waals surface area contributed by atoms with Crippen molar-refractivity contribution in [2.45, 2.75) is 226 Å². The summed E-state index contributed by atoms with van der Waals surface area (Å²) in [6.07, 6.45) is 37.7. The maximum Gasteiger partial charge on any atom is 0.478 e. The van der Waals surface area contributed by atoms with Gasteiger partial charge in [0.05, 0.1) is 13.2 Å². The van der Waals surface area contributed by atoms with Crippen molar-refractivity contribution in [2.75, 3.05) is 40.5 Å². The predicted octanol–water partition coefficient (Wildman–Crippen LogP) is 13.5. The third-order valence-corrected chi connectivity index (χ3v) is 11.6. The van der Waals surface area contributed by atoms with E-state index in [4.69, 9.17) is 27.8 Å². The van der Waals surface area contributed by atoms with E-state index in [0.717, 1.165) is 64.2 Å². The molecule has 0 aromatic carbocycles. The molecule has 0 saturated heterocycles. The molecule has 12 heteroatoms. The number of likely N-dealkylation sites (N-methyl/N-ethyl adjacent to an activating group) is 1. The Bertz CT molecular complexity index is 1130. The number of hydrogen-bond acceptors (Lipinski definition) is 11. The number of carbonyl (C=O) groups is 3. The number of ether oxygens (including phenoxy) is 3. The van der Waals surface area contributed by atoms with Crippen LogP contribution in [-0.2, 0) is 46.7 Å². The van der Waals surface area contributed by atoms with Gasteiger partial charge in [-0.25, -0.2) is 9.09 Å². The number of rotatable bonds is 44. The molecule has 0 amide bonds. The first kappa shape index (κ1) is 58.0. The van der Waals surface area contributed by atoms with Gasteiger partial charge in [0.15, 0.2) is 6.10 Å². The van der Waals surface area contributed by atoms with E-state index in [-0.39, 0.29) is 32.5 Å².